The number of hydrogen-bond acceptors (Lipinski definition) is 2. The Morgan fingerprint density at radius 3 is 2.67 bits per heavy atom. The van der Waals surface area contributed by atoms with E-state index in [1.54, 1.807) is 0 Å². The molecule has 0 aromatic heterocycles. The molecule has 0 aliphatic rings. The smallest absolute Gasteiger partial charge is 0.233 e. The van der Waals surface area contributed by atoms with Gasteiger partial charge in [0.2, 0.25) is 6.41 Å². The molecule has 1 radical (unpaired) electrons. The van der Waals surface area contributed by atoms with Gasteiger partial charge < -0.3 is 0 Å². The molecule has 81 valence electrons. The van der Waals surface area contributed by atoms with E-state index in [9.17, 15) is 4.79 Å². The molecule has 0 unspecified atom stereocenters. The molecule has 1 aromatic carbocycles. The third-order valence-electron chi connectivity index (χ3n) is 1.99. The zero-order valence-electron chi connectivity index (χ0n) is 8.76. The summed E-state index contributed by atoms with van der Waals surface area (Å²) in [6.45, 7) is 4.74. The van der Waals surface area contributed by atoms with Gasteiger partial charge in [0, 0.05) is 6.54 Å². The van der Waals surface area contributed by atoms with Crippen LogP contribution in [0.25, 0.3) is 0 Å². The summed E-state index contributed by atoms with van der Waals surface area (Å²) in [5.41, 5.74) is 1.05. The summed E-state index contributed by atoms with van der Waals surface area (Å²) in [5, 5.41) is 1.32. The number of hydroxylamine groups is 2. The van der Waals surface area contributed by atoms with E-state index in [1.807, 2.05) is 30.3 Å². The maximum absolute atomic E-state index is 10.6. The van der Waals surface area contributed by atoms with Crippen molar-refractivity contribution in [3.63, 3.8) is 0 Å². The van der Waals surface area contributed by atoms with Crippen molar-refractivity contribution in [2.45, 2.75) is 19.4 Å². The van der Waals surface area contributed by atoms with Crippen LogP contribution in [0.15, 0.2) is 30.3 Å². The minimum Gasteiger partial charge on any atom is -0.276 e. The van der Waals surface area contributed by atoms with Crippen LogP contribution in [0.2, 0.25) is 0 Å². The van der Waals surface area contributed by atoms with E-state index >= 15 is 0 Å². The first-order valence-corrected chi connectivity index (χ1v) is 5.05. The summed E-state index contributed by atoms with van der Waals surface area (Å²) in [5.74, 6) is 0. The van der Waals surface area contributed by atoms with Crippen molar-refractivity contribution in [1.82, 2.24) is 5.06 Å². The van der Waals surface area contributed by atoms with Gasteiger partial charge in [0.1, 0.15) is 6.61 Å². The highest BCUT2D eigenvalue weighted by atomic mass is 16.7. The van der Waals surface area contributed by atoms with Crippen molar-refractivity contribution in [3.05, 3.63) is 42.8 Å². The molecule has 0 aliphatic heterocycles. The van der Waals surface area contributed by atoms with Crippen molar-refractivity contribution >= 4 is 6.41 Å². The van der Waals surface area contributed by atoms with Crippen molar-refractivity contribution < 1.29 is 9.63 Å². The van der Waals surface area contributed by atoms with Crippen LogP contribution < -0.4 is 0 Å². The maximum atomic E-state index is 10.6. The number of rotatable bonds is 7. The van der Waals surface area contributed by atoms with Crippen LogP contribution in [-0.4, -0.2) is 18.0 Å². The normalized spacial score (nSPS) is 9.93. The van der Waals surface area contributed by atoms with Gasteiger partial charge in [0.05, 0.1) is 0 Å². The molecule has 0 N–H and O–H groups in total. The van der Waals surface area contributed by atoms with Crippen molar-refractivity contribution in [2.75, 3.05) is 6.54 Å². The molecular weight excluding hydrogens is 190 g/mol. The Kier molecular flexibility index (Phi) is 5.48. The quantitative estimate of drug-likeness (QED) is 0.505. The number of carbonyl (C=O) groups is 1. The zero-order chi connectivity index (χ0) is 10.9. The van der Waals surface area contributed by atoms with Crippen LogP contribution in [-0.2, 0) is 16.2 Å². The van der Waals surface area contributed by atoms with E-state index in [0.29, 0.717) is 19.6 Å². The van der Waals surface area contributed by atoms with Gasteiger partial charge in [-0.2, -0.15) is 0 Å². The molecule has 15 heavy (non-hydrogen) atoms. The van der Waals surface area contributed by atoms with Crippen LogP contribution in [0.3, 0.4) is 0 Å². The van der Waals surface area contributed by atoms with Crippen LogP contribution in [0.5, 0.6) is 0 Å². The Balaban J connectivity index is 2.31. The van der Waals surface area contributed by atoms with Crippen molar-refractivity contribution in [1.29, 1.82) is 0 Å². The molecular formula is C12H16NO2. The van der Waals surface area contributed by atoms with Gasteiger partial charge in [-0.25, -0.2) is 5.06 Å². The fourth-order valence-corrected chi connectivity index (χ4v) is 1.15. The molecule has 0 spiro atoms. The molecule has 0 bridgehead atoms. The third-order valence-corrected chi connectivity index (χ3v) is 1.99. The monoisotopic (exact) mass is 206 g/mol. The standard InChI is InChI=1S/C12H16NO2/c1-2-3-9-13(11-14)15-10-12-7-5-4-6-8-12/h4-8,11H,1-3,9-10H2. The van der Waals surface area contributed by atoms with Gasteiger partial charge in [-0.05, 0) is 12.0 Å². The predicted octanol–water partition coefficient (Wildman–Crippen LogP) is 2.19. The van der Waals surface area contributed by atoms with Gasteiger partial charge in [0.25, 0.3) is 0 Å². The average Bonchev–Trinajstić information content (AvgIpc) is 2.31. The van der Waals surface area contributed by atoms with E-state index in [1.165, 1.54) is 5.06 Å². The van der Waals surface area contributed by atoms with Gasteiger partial charge in [0.15, 0.2) is 0 Å². The summed E-state index contributed by atoms with van der Waals surface area (Å²) < 4.78 is 0. The summed E-state index contributed by atoms with van der Waals surface area (Å²) in [6.07, 6.45) is 2.37. The van der Waals surface area contributed by atoms with Crippen LogP contribution >= 0.6 is 0 Å². The minimum absolute atomic E-state index is 0.427. The molecule has 0 heterocycles. The van der Waals surface area contributed by atoms with Gasteiger partial charge in [-0.1, -0.05) is 43.7 Å². The first-order valence-electron chi connectivity index (χ1n) is 5.05. The summed E-state index contributed by atoms with van der Waals surface area (Å²) in [7, 11) is 0. The highest BCUT2D eigenvalue weighted by Crippen LogP contribution is 2.02. The van der Waals surface area contributed by atoms with E-state index in [4.69, 9.17) is 4.84 Å². The first kappa shape index (κ1) is 11.7. The SMILES string of the molecule is [CH2]CCCN(C=O)OCc1ccccc1. The van der Waals surface area contributed by atoms with Gasteiger partial charge in [-0.3, -0.25) is 9.63 Å². The van der Waals surface area contributed by atoms with E-state index < -0.39 is 0 Å². The lowest BCUT2D eigenvalue weighted by Gasteiger charge is -2.16. The van der Waals surface area contributed by atoms with Gasteiger partial charge >= 0.3 is 0 Å². The second-order valence-electron chi connectivity index (χ2n) is 3.21. The zero-order valence-corrected chi connectivity index (χ0v) is 8.76. The fraction of sp³-hybridized carbons (Fsp3) is 0.333. The lowest BCUT2D eigenvalue weighted by atomic mass is 10.2. The van der Waals surface area contributed by atoms with Crippen molar-refractivity contribution in [2.24, 2.45) is 0 Å². The molecule has 0 saturated carbocycles. The fourth-order valence-electron chi connectivity index (χ4n) is 1.15. The number of nitrogens with zero attached hydrogens (tertiary/aromatic N) is 1. The lowest BCUT2D eigenvalue weighted by molar-refractivity contribution is -0.177. The number of unbranched alkanes of at least 4 members (excludes halogenated alkanes) is 1. The lowest BCUT2D eigenvalue weighted by Crippen LogP contribution is -2.23. The Labute approximate surface area is 90.6 Å². The maximum Gasteiger partial charge on any atom is 0.233 e. The molecule has 3 heteroatoms. The first-order chi connectivity index (χ1) is 7.36. The number of benzene rings is 1. The predicted molar refractivity (Wildman–Crippen MR) is 58.6 cm³/mol. The molecule has 3 nitrogen and oxygen atoms in total. The Morgan fingerprint density at radius 1 is 1.33 bits per heavy atom. The van der Waals surface area contributed by atoms with E-state index in [0.717, 1.165) is 18.4 Å². The highest BCUT2D eigenvalue weighted by Gasteiger charge is 2.01. The van der Waals surface area contributed by atoms with Crippen LogP contribution in [0, 0.1) is 6.92 Å². The van der Waals surface area contributed by atoms with E-state index in [2.05, 4.69) is 6.92 Å². The van der Waals surface area contributed by atoms with Gasteiger partial charge in [-0.15, -0.1) is 0 Å². The Morgan fingerprint density at radius 2 is 2.07 bits per heavy atom. The summed E-state index contributed by atoms with van der Waals surface area (Å²) >= 11 is 0. The highest BCUT2D eigenvalue weighted by molar-refractivity contribution is 5.44. The number of hydrogen-bond donors (Lipinski definition) is 0. The summed E-state index contributed by atoms with van der Waals surface area (Å²) in [4.78, 5) is 15.9. The van der Waals surface area contributed by atoms with E-state index in [-0.39, 0.29) is 0 Å². The molecule has 1 amide bonds. The molecule has 0 aliphatic carbocycles. The number of amides is 1. The largest absolute Gasteiger partial charge is 0.276 e. The number of carbonyl (C=O) groups excluding carboxylic acids is 1. The molecule has 0 atom stereocenters. The van der Waals surface area contributed by atoms with Crippen molar-refractivity contribution in [3.8, 4) is 0 Å². The Bertz CT molecular complexity index is 274. The minimum atomic E-state index is 0.427. The Hall–Kier alpha value is -1.35. The average molecular weight is 206 g/mol. The second kappa shape index (κ2) is 7.01. The summed E-state index contributed by atoms with van der Waals surface area (Å²) in [6, 6.07) is 9.76. The molecule has 0 saturated heterocycles. The third kappa shape index (κ3) is 4.61. The molecule has 1 aromatic rings. The molecule has 0 fully saturated rings. The topological polar surface area (TPSA) is 29.5 Å². The van der Waals surface area contributed by atoms with Crippen LogP contribution in [0.1, 0.15) is 18.4 Å². The molecule has 1 rings (SSSR count). The van der Waals surface area contributed by atoms with Crippen LogP contribution in [0.4, 0.5) is 0 Å². The second-order valence-corrected chi connectivity index (χ2v) is 3.21.